The van der Waals surface area contributed by atoms with Gasteiger partial charge in [0, 0.05) is 30.3 Å². The molecule has 1 aliphatic carbocycles. The van der Waals surface area contributed by atoms with Crippen LogP contribution in [-0.4, -0.2) is 21.6 Å². The Morgan fingerprint density at radius 3 is 2.82 bits per heavy atom. The summed E-state index contributed by atoms with van der Waals surface area (Å²) in [6, 6.07) is 3.09. The zero-order valence-electron chi connectivity index (χ0n) is 9.98. The minimum Gasteiger partial charge on any atom is -0.393 e. The highest BCUT2D eigenvalue weighted by Crippen LogP contribution is 2.19. The molecule has 0 aliphatic heterocycles. The van der Waals surface area contributed by atoms with E-state index < -0.39 is 6.10 Å². The van der Waals surface area contributed by atoms with E-state index in [1.807, 2.05) is 0 Å². The van der Waals surface area contributed by atoms with E-state index in [1.165, 1.54) is 6.07 Å². The molecule has 17 heavy (non-hydrogen) atoms. The molecule has 1 aliphatic rings. The number of nitrogens with zero attached hydrogens (tertiary/aromatic N) is 1. The summed E-state index contributed by atoms with van der Waals surface area (Å²) in [5.41, 5.74) is 1.44. The molecule has 0 aromatic carbocycles. The van der Waals surface area contributed by atoms with Crippen molar-refractivity contribution in [2.75, 3.05) is 0 Å². The Labute approximate surface area is 99.9 Å². The fraction of sp³-hybridized carbons (Fsp3) is 0.538. The van der Waals surface area contributed by atoms with Crippen molar-refractivity contribution in [3.8, 4) is 0 Å². The summed E-state index contributed by atoms with van der Waals surface area (Å²) in [4.78, 5) is 23.5. The van der Waals surface area contributed by atoms with Crippen LogP contribution in [0.1, 0.15) is 42.2 Å². The second-order valence-corrected chi connectivity index (χ2v) is 4.60. The molecule has 0 bridgehead atoms. The van der Waals surface area contributed by atoms with Crippen molar-refractivity contribution in [3.63, 3.8) is 0 Å². The van der Waals surface area contributed by atoms with Crippen LogP contribution < -0.4 is 5.56 Å². The van der Waals surface area contributed by atoms with E-state index in [1.54, 1.807) is 17.6 Å². The SMILES string of the molecule is CC(O)CCn1c2c(ccc1=O)C(=O)CCC2. The Balaban J connectivity index is 2.39. The Kier molecular flexibility index (Phi) is 3.43. The van der Waals surface area contributed by atoms with Crippen molar-refractivity contribution in [1.82, 2.24) is 4.57 Å². The van der Waals surface area contributed by atoms with Gasteiger partial charge in [0.2, 0.25) is 0 Å². The van der Waals surface area contributed by atoms with Gasteiger partial charge in [-0.25, -0.2) is 0 Å². The van der Waals surface area contributed by atoms with Crippen LogP contribution >= 0.6 is 0 Å². The molecule has 4 nitrogen and oxygen atoms in total. The predicted molar refractivity (Wildman–Crippen MR) is 64.3 cm³/mol. The predicted octanol–water partition coefficient (Wildman–Crippen LogP) is 1.14. The lowest BCUT2D eigenvalue weighted by molar-refractivity contribution is 0.0970. The first-order chi connectivity index (χ1) is 8.09. The molecule has 92 valence electrons. The zero-order valence-corrected chi connectivity index (χ0v) is 9.98. The molecule has 0 radical (unpaired) electrons. The number of hydrogen-bond donors (Lipinski definition) is 1. The van der Waals surface area contributed by atoms with Gasteiger partial charge in [0.15, 0.2) is 5.78 Å². The summed E-state index contributed by atoms with van der Waals surface area (Å²) in [6.07, 6.45) is 2.25. The van der Waals surface area contributed by atoms with Crippen molar-refractivity contribution < 1.29 is 9.90 Å². The molecule has 0 saturated heterocycles. The highest BCUT2D eigenvalue weighted by Gasteiger charge is 2.20. The molecule has 1 unspecified atom stereocenters. The minimum atomic E-state index is -0.433. The number of carbonyl (C=O) groups is 1. The van der Waals surface area contributed by atoms with Crippen molar-refractivity contribution in [3.05, 3.63) is 33.7 Å². The van der Waals surface area contributed by atoms with Crippen LogP contribution in [-0.2, 0) is 13.0 Å². The Hall–Kier alpha value is -1.42. The first kappa shape index (κ1) is 12.0. The molecule has 4 heteroatoms. The topological polar surface area (TPSA) is 59.3 Å². The number of pyridine rings is 1. The average Bonchev–Trinajstić information content (AvgIpc) is 2.27. The van der Waals surface area contributed by atoms with E-state index in [-0.39, 0.29) is 11.3 Å². The summed E-state index contributed by atoms with van der Waals surface area (Å²) in [5.74, 6) is 0.122. The maximum Gasteiger partial charge on any atom is 0.250 e. The average molecular weight is 235 g/mol. The van der Waals surface area contributed by atoms with Gasteiger partial charge >= 0.3 is 0 Å². The van der Waals surface area contributed by atoms with E-state index in [4.69, 9.17) is 0 Å². The number of aromatic nitrogens is 1. The lowest BCUT2D eigenvalue weighted by Crippen LogP contribution is -2.28. The van der Waals surface area contributed by atoms with Crippen LogP contribution in [0, 0.1) is 0 Å². The van der Waals surface area contributed by atoms with Crippen LogP contribution in [0.4, 0.5) is 0 Å². The first-order valence-corrected chi connectivity index (χ1v) is 6.03. The van der Waals surface area contributed by atoms with Gasteiger partial charge in [-0.2, -0.15) is 0 Å². The molecule has 0 saturated carbocycles. The summed E-state index contributed by atoms with van der Waals surface area (Å²) >= 11 is 0. The molecule has 2 rings (SSSR count). The number of Topliss-reactive ketones (excluding diaryl/α,β-unsaturated/α-hetero) is 1. The molecule has 1 aromatic heterocycles. The maximum atomic E-state index is 11.8. The van der Waals surface area contributed by atoms with Gasteiger partial charge < -0.3 is 9.67 Å². The number of rotatable bonds is 3. The number of hydrogen-bond acceptors (Lipinski definition) is 3. The standard InChI is InChI=1S/C13H17NO3/c1-9(15)7-8-14-11-3-2-4-12(16)10(11)5-6-13(14)17/h5-6,9,15H,2-4,7-8H2,1H3. The maximum absolute atomic E-state index is 11.8. The third-order valence-corrected chi connectivity index (χ3v) is 3.18. The third-order valence-electron chi connectivity index (χ3n) is 3.18. The largest absolute Gasteiger partial charge is 0.393 e. The summed E-state index contributed by atoms with van der Waals surface area (Å²) in [6.45, 7) is 2.18. The number of fused-ring (bicyclic) bond motifs is 1. The molecule has 1 N–H and O–H groups in total. The number of carbonyl (C=O) groups excluding carboxylic acids is 1. The van der Waals surface area contributed by atoms with Gasteiger partial charge in [0.25, 0.3) is 5.56 Å². The second kappa shape index (κ2) is 4.84. The van der Waals surface area contributed by atoms with E-state index >= 15 is 0 Å². The highest BCUT2D eigenvalue weighted by molar-refractivity contribution is 5.97. The van der Waals surface area contributed by atoms with Crippen LogP contribution in [0.2, 0.25) is 0 Å². The number of ketones is 1. The normalized spacial score (nSPS) is 16.7. The van der Waals surface area contributed by atoms with Gasteiger partial charge in [-0.1, -0.05) is 0 Å². The van der Waals surface area contributed by atoms with Crippen molar-refractivity contribution in [1.29, 1.82) is 0 Å². The Morgan fingerprint density at radius 1 is 1.35 bits per heavy atom. The molecule has 1 heterocycles. The van der Waals surface area contributed by atoms with Crippen LogP contribution in [0.25, 0.3) is 0 Å². The van der Waals surface area contributed by atoms with E-state index in [2.05, 4.69) is 0 Å². The highest BCUT2D eigenvalue weighted by atomic mass is 16.3. The van der Waals surface area contributed by atoms with Crippen molar-refractivity contribution in [2.24, 2.45) is 0 Å². The van der Waals surface area contributed by atoms with Gasteiger partial charge in [0.05, 0.1) is 6.10 Å². The lowest BCUT2D eigenvalue weighted by Gasteiger charge is -2.20. The third kappa shape index (κ3) is 2.47. The van der Waals surface area contributed by atoms with E-state index in [0.29, 0.717) is 24.9 Å². The Morgan fingerprint density at radius 2 is 2.12 bits per heavy atom. The van der Waals surface area contributed by atoms with Crippen LogP contribution in [0.5, 0.6) is 0 Å². The number of aliphatic hydroxyl groups excluding tert-OH is 1. The Bertz CT molecular complexity index is 488. The quantitative estimate of drug-likeness (QED) is 0.854. The molecule has 0 spiro atoms. The van der Waals surface area contributed by atoms with Gasteiger partial charge in [-0.15, -0.1) is 0 Å². The molecule has 1 aromatic rings. The van der Waals surface area contributed by atoms with Crippen molar-refractivity contribution in [2.45, 2.75) is 45.3 Å². The zero-order chi connectivity index (χ0) is 12.4. The van der Waals surface area contributed by atoms with Gasteiger partial charge in [0.1, 0.15) is 0 Å². The second-order valence-electron chi connectivity index (χ2n) is 4.60. The minimum absolute atomic E-state index is 0.0842. The fourth-order valence-corrected chi connectivity index (χ4v) is 2.25. The molecule has 1 atom stereocenters. The summed E-state index contributed by atoms with van der Waals surface area (Å²) in [7, 11) is 0. The van der Waals surface area contributed by atoms with E-state index in [0.717, 1.165) is 18.5 Å². The molecular formula is C13H17NO3. The monoisotopic (exact) mass is 235 g/mol. The van der Waals surface area contributed by atoms with Crippen LogP contribution in [0.15, 0.2) is 16.9 Å². The van der Waals surface area contributed by atoms with Gasteiger partial charge in [-0.3, -0.25) is 9.59 Å². The summed E-state index contributed by atoms with van der Waals surface area (Å²) < 4.78 is 1.64. The van der Waals surface area contributed by atoms with Crippen LogP contribution in [0.3, 0.4) is 0 Å². The van der Waals surface area contributed by atoms with E-state index in [9.17, 15) is 14.7 Å². The molecular weight excluding hydrogens is 218 g/mol. The number of aliphatic hydroxyl groups is 1. The van der Waals surface area contributed by atoms with Crippen molar-refractivity contribution >= 4 is 5.78 Å². The smallest absolute Gasteiger partial charge is 0.250 e. The molecule has 0 fully saturated rings. The van der Waals surface area contributed by atoms with Gasteiger partial charge in [-0.05, 0) is 32.3 Å². The lowest BCUT2D eigenvalue weighted by atomic mass is 9.94. The summed E-state index contributed by atoms with van der Waals surface area (Å²) in [5, 5.41) is 9.28. The fourth-order valence-electron chi connectivity index (χ4n) is 2.25. The molecule has 0 amide bonds. The first-order valence-electron chi connectivity index (χ1n) is 6.03.